The summed E-state index contributed by atoms with van der Waals surface area (Å²) in [4.78, 5) is 0. The first-order valence-electron chi connectivity index (χ1n) is 4.46. The van der Waals surface area contributed by atoms with E-state index in [2.05, 4.69) is 36.3 Å². The quantitative estimate of drug-likeness (QED) is 0.872. The first-order chi connectivity index (χ1) is 6.50. The average Bonchev–Trinajstić information content (AvgIpc) is 2.11. The van der Waals surface area contributed by atoms with E-state index in [0.717, 1.165) is 5.69 Å². The van der Waals surface area contributed by atoms with Crippen molar-refractivity contribution in [3.63, 3.8) is 0 Å². The van der Waals surface area contributed by atoms with Gasteiger partial charge in [0.25, 0.3) is 0 Å². The van der Waals surface area contributed by atoms with Crippen molar-refractivity contribution in [3.8, 4) is 0 Å². The summed E-state index contributed by atoms with van der Waals surface area (Å²) in [5.41, 5.74) is 0.730. The highest BCUT2D eigenvalue weighted by Gasteiger charge is 2.10. The molecule has 0 saturated carbocycles. The minimum Gasteiger partial charge on any atom is -0.380 e. The number of hydrogen-bond acceptors (Lipinski definition) is 3. The van der Waals surface area contributed by atoms with E-state index in [0.29, 0.717) is 22.3 Å². The van der Waals surface area contributed by atoms with E-state index >= 15 is 0 Å². The summed E-state index contributed by atoms with van der Waals surface area (Å²) >= 11 is 11.6. The lowest BCUT2D eigenvalue weighted by Gasteiger charge is -2.18. The van der Waals surface area contributed by atoms with Gasteiger partial charge in [-0.15, -0.1) is 10.2 Å². The molecule has 1 N–H and O–H groups in total. The Labute approximate surface area is 93.8 Å². The fourth-order valence-corrected chi connectivity index (χ4v) is 1.16. The number of anilines is 1. The fraction of sp³-hybridized carbons (Fsp3) is 0.556. The van der Waals surface area contributed by atoms with Crippen LogP contribution in [0.1, 0.15) is 20.8 Å². The average molecular weight is 234 g/mol. The Balaban J connectivity index is 2.80. The van der Waals surface area contributed by atoms with Crippen LogP contribution in [-0.4, -0.2) is 16.2 Å². The van der Waals surface area contributed by atoms with Crippen LogP contribution in [0.15, 0.2) is 6.07 Å². The van der Waals surface area contributed by atoms with Gasteiger partial charge >= 0.3 is 0 Å². The summed E-state index contributed by atoms with van der Waals surface area (Å²) in [7, 11) is 0. The van der Waals surface area contributed by atoms with Crippen molar-refractivity contribution in [2.45, 2.75) is 26.8 Å². The molecule has 1 aromatic heterocycles. The molecule has 0 radical (unpaired) electrons. The molecular weight excluding hydrogens is 221 g/mol. The van der Waals surface area contributed by atoms with Crippen molar-refractivity contribution < 1.29 is 0 Å². The summed E-state index contributed by atoms with van der Waals surface area (Å²) in [6.45, 7) is 6.33. The van der Waals surface area contributed by atoms with Gasteiger partial charge in [-0.25, -0.2) is 0 Å². The summed E-state index contributed by atoms with van der Waals surface area (Å²) in [5.74, 6) is 0.512. The Morgan fingerprint density at radius 1 is 1.21 bits per heavy atom. The minimum atomic E-state index is 0.313. The van der Waals surface area contributed by atoms with Crippen molar-refractivity contribution >= 4 is 28.9 Å². The van der Waals surface area contributed by atoms with E-state index in [9.17, 15) is 0 Å². The molecule has 0 bridgehead atoms. The highest BCUT2D eigenvalue weighted by Crippen LogP contribution is 2.22. The maximum absolute atomic E-state index is 5.85. The molecule has 1 unspecified atom stereocenters. The molecule has 3 nitrogen and oxygen atoms in total. The molecule has 0 spiro atoms. The Morgan fingerprint density at radius 3 is 2.43 bits per heavy atom. The van der Waals surface area contributed by atoms with Crippen LogP contribution in [0.5, 0.6) is 0 Å². The fourth-order valence-electron chi connectivity index (χ4n) is 0.866. The Hall–Kier alpha value is -0.540. The second-order valence-corrected chi connectivity index (χ2v) is 4.29. The third-order valence-corrected chi connectivity index (χ3v) is 2.57. The van der Waals surface area contributed by atoms with Gasteiger partial charge in [-0.2, -0.15) is 0 Å². The van der Waals surface area contributed by atoms with Gasteiger partial charge < -0.3 is 5.32 Å². The Morgan fingerprint density at radius 2 is 1.86 bits per heavy atom. The smallest absolute Gasteiger partial charge is 0.174 e. The van der Waals surface area contributed by atoms with E-state index in [4.69, 9.17) is 23.2 Å². The van der Waals surface area contributed by atoms with E-state index in [-0.39, 0.29) is 0 Å². The van der Waals surface area contributed by atoms with Gasteiger partial charge in [-0.3, -0.25) is 0 Å². The molecule has 0 saturated heterocycles. The molecule has 0 aromatic carbocycles. The highest BCUT2D eigenvalue weighted by molar-refractivity contribution is 6.33. The second-order valence-electron chi connectivity index (χ2n) is 3.55. The largest absolute Gasteiger partial charge is 0.380 e. The molecule has 1 heterocycles. The molecule has 0 aliphatic heterocycles. The lowest BCUT2D eigenvalue weighted by atomic mass is 10.1. The van der Waals surface area contributed by atoms with Gasteiger partial charge in [-0.1, -0.05) is 37.0 Å². The first-order valence-corrected chi connectivity index (χ1v) is 5.21. The van der Waals surface area contributed by atoms with Crippen molar-refractivity contribution in [2.24, 2.45) is 5.92 Å². The maximum Gasteiger partial charge on any atom is 0.174 e. The number of rotatable bonds is 3. The summed E-state index contributed by atoms with van der Waals surface area (Å²) in [6.07, 6.45) is 0. The SMILES string of the molecule is CC(C)C(C)Nc1cc(Cl)nnc1Cl. The van der Waals surface area contributed by atoms with Gasteiger partial charge in [0.2, 0.25) is 0 Å². The van der Waals surface area contributed by atoms with Crippen LogP contribution < -0.4 is 5.32 Å². The van der Waals surface area contributed by atoms with Crippen LogP contribution in [-0.2, 0) is 0 Å². The third-order valence-electron chi connectivity index (χ3n) is 2.10. The second kappa shape index (κ2) is 4.80. The first kappa shape index (κ1) is 11.5. The van der Waals surface area contributed by atoms with Crippen LogP contribution in [0.2, 0.25) is 10.3 Å². The molecule has 0 fully saturated rings. The molecule has 0 amide bonds. The number of nitrogens with one attached hydrogen (secondary N) is 1. The summed E-state index contributed by atoms with van der Waals surface area (Å²) in [6, 6.07) is 1.99. The Kier molecular flexibility index (Phi) is 3.96. The Bertz CT molecular complexity index is 315. The predicted molar refractivity (Wildman–Crippen MR) is 60.0 cm³/mol. The standard InChI is InChI=1S/C9H13Cl2N3/c1-5(2)6(3)12-7-4-8(10)13-14-9(7)11/h4-6H,1-3H3,(H,12,13). The topological polar surface area (TPSA) is 37.8 Å². The molecule has 78 valence electrons. The zero-order valence-corrected chi connectivity index (χ0v) is 9.89. The molecular formula is C9H13Cl2N3. The van der Waals surface area contributed by atoms with Crippen LogP contribution >= 0.6 is 23.2 Å². The summed E-state index contributed by atoms with van der Waals surface area (Å²) < 4.78 is 0. The van der Waals surface area contributed by atoms with Crippen LogP contribution in [0.4, 0.5) is 5.69 Å². The number of nitrogens with zero attached hydrogens (tertiary/aromatic N) is 2. The van der Waals surface area contributed by atoms with Crippen LogP contribution in [0.25, 0.3) is 0 Å². The lowest BCUT2D eigenvalue weighted by Crippen LogP contribution is -2.21. The highest BCUT2D eigenvalue weighted by atomic mass is 35.5. The van der Waals surface area contributed by atoms with Crippen LogP contribution in [0.3, 0.4) is 0 Å². The van der Waals surface area contributed by atoms with Crippen LogP contribution in [0, 0.1) is 5.92 Å². The van der Waals surface area contributed by atoms with Gasteiger partial charge in [0.05, 0.1) is 5.69 Å². The number of halogens is 2. The normalized spacial score (nSPS) is 13.0. The zero-order valence-electron chi connectivity index (χ0n) is 8.38. The summed E-state index contributed by atoms with van der Waals surface area (Å²) in [5, 5.41) is 11.3. The van der Waals surface area contributed by atoms with Crippen molar-refractivity contribution in [2.75, 3.05) is 5.32 Å². The van der Waals surface area contributed by atoms with E-state index < -0.39 is 0 Å². The third kappa shape index (κ3) is 3.00. The number of hydrogen-bond donors (Lipinski definition) is 1. The number of aromatic nitrogens is 2. The zero-order chi connectivity index (χ0) is 10.7. The van der Waals surface area contributed by atoms with Crippen molar-refractivity contribution in [1.82, 2.24) is 10.2 Å². The molecule has 1 aromatic rings. The maximum atomic E-state index is 5.85. The van der Waals surface area contributed by atoms with Gasteiger partial charge in [-0.05, 0) is 12.8 Å². The van der Waals surface area contributed by atoms with Gasteiger partial charge in [0.15, 0.2) is 10.3 Å². The molecule has 0 aliphatic rings. The molecule has 5 heteroatoms. The van der Waals surface area contributed by atoms with Crippen molar-refractivity contribution in [3.05, 3.63) is 16.4 Å². The predicted octanol–water partition coefficient (Wildman–Crippen LogP) is 3.24. The molecule has 1 rings (SSSR count). The monoisotopic (exact) mass is 233 g/mol. The van der Waals surface area contributed by atoms with E-state index in [1.54, 1.807) is 6.07 Å². The van der Waals surface area contributed by atoms with Crippen molar-refractivity contribution in [1.29, 1.82) is 0 Å². The lowest BCUT2D eigenvalue weighted by molar-refractivity contribution is 0.559. The van der Waals surface area contributed by atoms with E-state index in [1.807, 2.05) is 0 Å². The van der Waals surface area contributed by atoms with E-state index in [1.165, 1.54) is 0 Å². The molecule has 14 heavy (non-hydrogen) atoms. The molecule has 1 atom stereocenters. The minimum absolute atomic E-state index is 0.313. The van der Waals surface area contributed by atoms with Gasteiger partial charge in [0, 0.05) is 12.1 Å². The van der Waals surface area contributed by atoms with Gasteiger partial charge in [0.1, 0.15) is 0 Å². The molecule has 0 aliphatic carbocycles.